The molecule has 0 spiro atoms. The number of nitriles is 1. The van der Waals surface area contributed by atoms with Crippen LogP contribution in [0, 0.1) is 18.3 Å². The van der Waals surface area contributed by atoms with Gasteiger partial charge >= 0.3 is 0 Å². The quantitative estimate of drug-likeness (QED) is 0.700. The fraction of sp³-hybridized carbons (Fsp3) is 0.174. The van der Waals surface area contributed by atoms with E-state index in [0.29, 0.717) is 24.1 Å². The van der Waals surface area contributed by atoms with Crippen LogP contribution in [0.3, 0.4) is 0 Å². The highest BCUT2D eigenvalue weighted by atomic mass is 16.1. The number of carbonyl (C=O) groups is 1. The summed E-state index contributed by atoms with van der Waals surface area (Å²) in [5, 5.41) is 9.40. The van der Waals surface area contributed by atoms with Crippen molar-refractivity contribution >= 4 is 5.78 Å². The summed E-state index contributed by atoms with van der Waals surface area (Å²) >= 11 is 0. The van der Waals surface area contributed by atoms with Crippen molar-refractivity contribution in [2.75, 3.05) is 0 Å². The van der Waals surface area contributed by atoms with Crippen molar-refractivity contribution in [2.24, 2.45) is 0 Å². The molecule has 0 saturated carbocycles. The number of carbonyl (C=O) groups excluding carboxylic acids is 1. The van der Waals surface area contributed by atoms with Crippen molar-refractivity contribution in [3.63, 3.8) is 0 Å². The number of rotatable bonds is 2. The van der Waals surface area contributed by atoms with Crippen molar-refractivity contribution in [3.8, 4) is 11.8 Å². The van der Waals surface area contributed by atoms with Gasteiger partial charge in [0.2, 0.25) is 0 Å². The number of aryl methyl sites for hydroxylation is 1. The summed E-state index contributed by atoms with van der Waals surface area (Å²) in [5.74, 6) is -0.00209. The molecule has 132 valence electrons. The molecule has 4 heteroatoms. The van der Waals surface area contributed by atoms with Crippen LogP contribution in [-0.2, 0) is 6.42 Å². The third kappa shape index (κ3) is 2.88. The van der Waals surface area contributed by atoms with Gasteiger partial charge < -0.3 is 0 Å². The van der Waals surface area contributed by atoms with Crippen molar-refractivity contribution in [1.82, 2.24) is 4.57 Å². The molecule has 1 aliphatic rings. The highest BCUT2D eigenvalue weighted by Gasteiger charge is 2.30. The maximum atomic E-state index is 13.0. The first-order valence-corrected chi connectivity index (χ1v) is 8.93. The van der Waals surface area contributed by atoms with Crippen molar-refractivity contribution in [1.29, 1.82) is 5.26 Å². The zero-order valence-electron chi connectivity index (χ0n) is 15.0. The number of hydrogen-bond donors (Lipinski definition) is 0. The van der Waals surface area contributed by atoms with E-state index in [1.54, 1.807) is 4.57 Å². The Kier molecular flexibility index (Phi) is 4.21. The van der Waals surface area contributed by atoms with E-state index in [-0.39, 0.29) is 22.8 Å². The Labute approximate surface area is 157 Å². The van der Waals surface area contributed by atoms with Gasteiger partial charge in [-0.1, -0.05) is 48.5 Å². The fourth-order valence-electron chi connectivity index (χ4n) is 3.84. The lowest BCUT2D eigenvalue weighted by molar-refractivity contribution is 0.0962. The van der Waals surface area contributed by atoms with Gasteiger partial charge in [-0.25, -0.2) is 0 Å². The predicted molar refractivity (Wildman–Crippen MR) is 103 cm³/mol. The SMILES string of the molecule is Cc1ccccc1-n1c2c(cc(C#N)c1=O)C(=O)C[C@@H](c1ccccc1)C2. The maximum Gasteiger partial charge on any atom is 0.273 e. The molecule has 4 rings (SSSR count). The van der Waals surface area contributed by atoms with Crippen molar-refractivity contribution < 1.29 is 4.79 Å². The van der Waals surface area contributed by atoms with Crippen LogP contribution < -0.4 is 5.56 Å². The molecule has 0 saturated heterocycles. The molecule has 2 aromatic carbocycles. The summed E-state index contributed by atoms with van der Waals surface area (Å²) in [7, 11) is 0. The van der Waals surface area contributed by atoms with E-state index in [1.807, 2.05) is 67.6 Å². The van der Waals surface area contributed by atoms with Gasteiger partial charge in [0, 0.05) is 17.7 Å². The summed E-state index contributed by atoms with van der Waals surface area (Å²) in [6, 6.07) is 20.9. The molecule has 0 unspecified atom stereocenters. The number of aromatic nitrogens is 1. The summed E-state index contributed by atoms with van der Waals surface area (Å²) in [4.78, 5) is 25.9. The maximum absolute atomic E-state index is 13.0. The van der Waals surface area contributed by atoms with Gasteiger partial charge in [-0.3, -0.25) is 14.2 Å². The van der Waals surface area contributed by atoms with Gasteiger partial charge in [-0.15, -0.1) is 0 Å². The Morgan fingerprint density at radius 2 is 1.70 bits per heavy atom. The molecular weight excluding hydrogens is 336 g/mol. The second-order valence-electron chi connectivity index (χ2n) is 6.90. The number of pyridine rings is 1. The number of para-hydroxylation sites is 1. The minimum atomic E-state index is -0.368. The molecule has 3 aromatic rings. The van der Waals surface area contributed by atoms with Crippen LogP contribution in [0.1, 0.15) is 45.1 Å². The van der Waals surface area contributed by atoms with Gasteiger partial charge in [0.1, 0.15) is 11.6 Å². The van der Waals surface area contributed by atoms with Gasteiger partial charge in [-0.2, -0.15) is 5.26 Å². The number of fused-ring (bicyclic) bond motifs is 1. The lowest BCUT2D eigenvalue weighted by Gasteiger charge is -2.27. The number of nitrogens with zero attached hydrogens (tertiary/aromatic N) is 2. The van der Waals surface area contributed by atoms with Gasteiger partial charge in [0.15, 0.2) is 5.78 Å². The van der Waals surface area contributed by atoms with E-state index in [0.717, 1.165) is 16.8 Å². The minimum Gasteiger partial charge on any atom is -0.294 e. The molecule has 0 bridgehead atoms. The van der Waals surface area contributed by atoms with E-state index >= 15 is 0 Å². The molecule has 27 heavy (non-hydrogen) atoms. The summed E-state index contributed by atoms with van der Waals surface area (Å²) in [6.45, 7) is 1.92. The molecule has 0 fully saturated rings. The standard InChI is InChI=1S/C23H18N2O2/c1-15-7-5-6-10-20(15)25-21-12-17(16-8-3-2-4-9-16)13-22(26)19(21)11-18(14-24)23(25)27/h2-11,17H,12-13H2,1H3/t17-/m0/s1. The zero-order chi connectivity index (χ0) is 19.0. The molecular formula is C23H18N2O2. The monoisotopic (exact) mass is 354 g/mol. The van der Waals surface area contributed by atoms with Crippen molar-refractivity contribution in [3.05, 3.63) is 99.0 Å². The highest BCUT2D eigenvalue weighted by Crippen LogP contribution is 2.33. The fourth-order valence-corrected chi connectivity index (χ4v) is 3.84. The van der Waals surface area contributed by atoms with E-state index in [1.165, 1.54) is 6.07 Å². The van der Waals surface area contributed by atoms with E-state index in [4.69, 9.17) is 0 Å². The first-order chi connectivity index (χ1) is 13.1. The van der Waals surface area contributed by atoms with Crippen LogP contribution in [0.2, 0.25) is 0 Å². The Bertz CT molecular complexity index is 1140. The molecule has 0 radical (unpaired) electrons. The molecule has 4 nitrogen and oxygen atoms in total. The average Bonchev–Trinajstić information content (AvgIpc) is 2.69. The molecule has 1 aliphatic carbocycles. The third-order valence-corrected chi connectivity index (χ3v) is 5.22. The highest BCUT2D eigenvalue weighted by molar-refractivity contribution is 5.99. The largest absolute Gasteiger partial charge is 0.294 e. The van der Waals surface area contributed by atoms with Crippen LogP contribution in [0.15, 0.2) is 65.5 Å². The number of Topliss-reactive ketones (excluding diaryl/α,β-unsaturated/α-hetero) is 1. The Morgan fingerprint density at radius 1 is 1.00 bits per heavy atom. The van der Waals surface area contributed by atoms with Gasteiger partial charge in [0.25, 0.3) is 5.56 Å². The Balaban J connectivity index is 1.97. The van der Waals surface area contributed by atoms with Crippen molar-refractivity contribution in [2.45, 2.75) is 25.7 Å². The van der Waals surface area contributed by atoms with E-state index < -0.39 is 0 Å². The van der Waals surface area contributed by atoms with Crippen LogP contribution in [-0.4, -0.2) is 10.4 Å². The topological polar surface area (TPSA) is 62.9 Å². The van der Waals surface area contributed by atoms with Crippen LogP contribution in [0.5, 0.6) is 0 Å². The number of hydrogen-bond acceptors (Lipinski definition) is 3. The second kappa shape index (κ2) is 6.69. The van der Waals surface area contributed by atoms with Gasteiger partial charge in [-0.05, 0) is 42.5 Å². The lowest BCUT2D eigenvalue weighted by Crippen LogP contribution is -2.32. The predicted octanol–water partition coefficient (Wildman–Crippen LogP) is 3.93. The smallest absolute Gasteiger partial charge is 0.273 e. The molecule has 1 atom stereocenters. The lowest BCUT2D eigenvalue weighted by atomic mass is 9.81. The first kappa shape index (κ1) is 17.0. The van der Waals surface area contributed by atoms with Crippen LogP contribution in [0.4, 0.5) is 0 Å². The van der Waals surface area contributed by atoms with Crippen LogP contribution >= 0.6 is 0 Å². The Hall–Kier alpha value is -3.45. The normalized spacial score (nSPS) is 15.9. The minimum absolute atomic E-state index is 0.00325. The summed E-state index contributed by atoms with van der Waals surface area (Å²) in [5.41, 5.74) is 3.55. The number of benzene rings is 2. The number of ketones is 1. The second-order valence-corrected chi connectivity index (χ2v) is 6.90. The average molecular weight is 354 g/mol. The zero-order valence-corrected chi connectivity index (χ0v) is 15.0. The molecule has 0 aliphatic heterocycles. The first-order valence-electron chi connectivity index (χ1n) is 8.93. The summed E-state index contributed by atoms with van der Waals surface area (Å²) in [6.07, 6.45) is 0.966. The third-order valence-electron chi connectivity index (χ3n) is 5.22. The van der Waals surface area contributed by atoms with Crippen LogP contribution in [0.25, 0.3) is 5.69 Å². The van der Waals surface area contributed by atoms with E-state index in [9.17, 15) is 14.9 Å². The molecule has 0 N–H and O–H groups in total. The van der Waals surface area contributed by atoms with E-state index in [2.05, 4.69) is 0 Å². The molecule has 1 heterocycles. The Morgan fingerprint density at radius 3 is 2.41 bits per heavy atom. The summed E-state index contributed by atoms with van der Waals surface area (Å²) < 4.78 is 1.57. The van der Waals surface area contributed by atoms with Gasteiger partial charge in [0.05, 0.1) is 5.69 Å². The molecule has 0 amide bonds. The molecule has 1 aromatic heterocycles.